The first-order valence-corrected chi connectivity index (χ1v) is 15.4. The molecule has 0 aliphatic rings. The van der Waals surface area contributed by atoms with Gasteiger partial charge in [0.25, 0.3) is 0 Å². The van der Waals surface area contributed by atoms with Gasteiger partial charge in [0.05, 0.1) is 5.71 Å². The largest absolute Gasteiger partial charge is 0.458 e. The molecule has 1 heterocycles. The summed E-state index contributed by atoms with van der Waals surface area (Å²) in [6, 6.07) is 36.0. The van der Waals surface area contributed by atoms with Crippen LogP contribution in [0.2, 0.25) is 0 Å². The molecule has 0 aliphatic heterocycles. The maximum atomic E-state index is 14.3. The van der Waals surface area contributed by atoms with E-state index in [-0.39, 0.29) is 5.91 Å². The molecule has 0 saturated carbocycles. The van der Waals surface area contributed by atoms with Gasteiger partial charge in [-0.15, -0.1) is 11.3 Å². The van der Waals surface area contributed by atoms with Gasteiger partial charge in [0, 0.05) is 28.7 Å². The highest BCUT2D eigenvalue weighted by Gasteiger charge is 2.30. The Bertz CT molecular complexity index is 1650. The molecule has 0 radical (unpaired) electrons. The van der Waals surface area contributed by atoms with Crippen molar-refractivity contribution in [2.45, 2.75) is 51.3 Å². The average Bonchev–Trinajstić information content (AvgIpc) is 3.42. The summed E-state index contributed by atoms with van der Waals surface area (Å²) in [5.74, 6) is -0.800. The lowest BCUT2D eigenvalue weighted by atomic mass is 9.99. The highest BCUT2D eigenvalue weighted by molar-refractivity contribution is 7.17. The average molecular weight is 589 g/mol. The third-order valence-corrected chi connectivity index (χ3v) is 7.96. The van der Waals surface area contributed by atoms with Crippen molar-refractivity contribution < 1.29 is 14.3 Å². The molecule has 43 heavy (non-hydrogen) atoms. The number of ether oxygens (including phenoxy) is 1. The lowest BCUT2D eigenvalue weighted by Gasteiger charge is -2.26. The molecule has 2 atom stereocenters. The molecule has 218 valence electrons. The minimum atomic E-state index is -0.872. The smallest absolute Gasteiger partial charge is 0.329 e. The van der Waals surface area contributed by atoms with Gasteiger partial charge in [-0.2, -0.15) is 0 Å². The molecule has 1 amide bonds. The van der Waals surface area contributed by atoms with Crippen molar-refractivity contribution in [1.82, 2.24) is 5.32 Å². The summed E-state index contributed by atoms with van der Waals surface area (Å²) in [6.45, 7) is 5.48. The first kappa shape index (κ1) is 29.9. The number of nitrogens with zero attached hydrogens (tertiary/aromatic N) is 1. The molecule has 6 heteroatoms. The van der Waals surface area contributed by atoms with Crippen molar-refractivity contribution in [3.8, 4) is 0 Å². The van der Waals surface area contributed by atoms with E-state index in [1.54, 1.807) is 11.3 Å². The van der Waals surface area contributed by atoms with E-state index in [0.29, 0.717) is 12.8 Å². The number of rotatable bonds is 10. The molecule has 5 nitrogen and oxygen atoms in total. The fraction of sp³-hybridized carbons (Fsp3) is 0.216. The number of carbonyl (C=O) groups is 2. The van der Waals surface area contributed by atoms with Crippen molar-refractivity contribution in [3.63, 3.8) is 0 Å². The van der Waals surface area contributed by atoms with Gasteiger partial charge < -0.3 is 10.1 Å². The monoisotopic (exact) mass is 588 g/mol. The number of amides is 1. The Hall–Kier alpha value is -4.55. The Balaban J connectivity index is 1.55. The summed E-state index contributed by atoms with van der Waals surface area (Å²) in [6.07, 6.45) is 0.689. The number of thiophene rings is 1. The molecule has 0 saturated heterocycles. The van der Waals surface area contributed by atoms with Crippen LogP contribution >= 0.6 is 11.3 Å². The van der Waals surface area contributed by atoms with Crippen LogP contribution in [-0.2, 0) is 27.2 Å². The first-order valence-electron chi connectivity index (χ1n) is 14.5. The van der Waals surface area contributed by atoms with Crippen LogP contribution in [0.5, 0.6) is 0 Å². The number of esters is 1. The zero-order valence-corrected chi connectivity index (χ0v) is 25.5. The molecule has 1 aromatic heterocycles. The number of aliphatic imine (C=N–C) groups is 1. The van der Waals surface area contributed by atoms with Crippen LogP contribution in [0.4, 0.5) is 0 Å². The Kier molecular flexibility index (Phi) is 9.48. The van der Waals surface area contributed by atoms with Crippen LogP contribution in [0, 0.1) is 0 Å². The second kappa shape index (κ2) is 13.6. The summed E-state index contributed by atoms with van der Waals surface area (Å²) >= 11 is 1.65. The van der Waals surface area contributed by atoms with Crippen LogP contribution in [0.1, 0.15) is 43.0 Å². The Morgan fingerprint density at radius 2 is 1.33 bits per heavy atom. The molecule has 0 fully saturated rings. The number of hydrogen-bond acceptors (Lipinski definition) is 5. The fourth-order valence-corrected chi connectivity index (χ4v) is 5.92. The quantitative estimate of drug-likeness (QED) is 0.136. The summed E-state index contributed by atoms with van der Waals surface area (Å²) in [5.41, 5.74) is 3.82. The lowest BCUT2D eigenvalue weighted by molar-refractivity contribution is -0.158. The predicted octanol–water partition coefficient (Wildman–Crippen LogP) is 7.42. The number of nitrogens with one attached hydrogen (secondary N) is 1. The summed E-state index contributed by atoms with van der Waals surface area (Å²) in [4.78, 5) is 32.8. The molecule has 0 bridgehead atoms. The van der Waals surface area contributed by atoms with Crippen LogP contribution in [-0.4, -0.2) is 35.3 Å². The molecule has 5 aromatic rings. The molecule has 4 aromatic carbocycles. The van der Waals surface area contributed by atoms with Gasteiger partial charge in [-0.25, -0.2) is 4.79 Å². The van der Waals surface area contributed by atoms with E-state index in [4.69, 9.17) is 9.73 Å². The summed E-state index contributed by atoms with van der Waals surface area (Å²) in [5, 5.41) is 6.24. The van der Waals surface area contributed by atoms with Gasteiger partial charge in [-0.1, -0.05) is 109 Å². The van der Waals surface area contributed by atoms with Gasteiger partial charge in [0.15, 0.2) is 0 Å². The normalized spacial score (nSPS) is 12.7. The first-order chi connectivity index (χ1) is 20.8. The zero-order valence-electron chi connectivity index (χ0n) is 24.7. The van der Waals surface area contributed by atoms with Crippen molar-refractivity contribution >= 4 is 39.0 Å². The lowest BCUT2D eigenvalue weighted by Crippen LogP contribution is -2.49. The number of carbonyl (C=O) groups excluding carboxylic acids is 2. The van der Waals surface area contributed by atoms with Crippen molar-refractivity contribution in [1.29, 1.82) is 0 Å². The van der Waals surface area contributed by atoms with E-state index in [2.05, 4.69) is 22.8 Å². The molecular formula is C37H36N2O3S. The zero-order chi connectivity index (χ0) is 30.2. The van der Waals surface area contributed by atoms with Crippen LogP contribution in [0.15, 0.2) is 126 Å². The second-order valence-corrected chi connectivity index (χ2v) is 12.4. The number of fused-ring (bicyclic) bond motifs is 1. The van der Waals surface area contributed by atoms with Gasteiger partial charge in [-0.05, 0) is 48.7 Å². The third-order valence-electron chi connectivity index (χ3n) is 6.95. The minimum Gasteiger partial charge on any atom is -0.458 e. The molecule has 0 spiro atoms. The van der Waals surface area contributed by atoms with Gasteiger partial charge >= 0.3 is 5.97 Å². The van der Waals surface area contributed by atoms with E-state index < -0.39 is 23.7 Å². The van der Waals surface area contributed by atoms with Crippen molar-refractivity contribution in [3.05, 3.63) is 143 Å². The van der Waals surface area contributed by atoms with Crippen molar-refractivity contribution in [2.75, 3.05) is 0 Å². The SMILES string of the molecule is CC(C)(C)OC(=O)[C@H](Cc1ccccc1)NC(=O)[C@@H](Cc1csc2ccccc12)N=C(c1ccccc1)c1ccccc1. The standard InChI is InChI=1S/C37H36N2O3S/c1-37(2,3)42-36(41)32(23-26-15-7-4-8-16-26)39-35(40)31(24-29-25-43-33-22-14-13-21-30(29)33)38-34(27-17-9-5-10-18-27)28-19-11-6-12-20-28/h4-22,25,31-32H,23-24H2,1-3H3,(H,39,40)/t31-,32+/m1/s1. The fourth-order valence-electron chi connectivity index (χ4n) is 4.94. The van der Waals surface area contributed by atoms with Crippen LogP contribution < -0.4 is 5.32 Å². The minimum absolute atomic E-state index is 0.309. The van der Waals surface area contributed by atoms with Crippen molar-refractivity contribution in [2.24, 2.45) is 4.99 Å². The van der Waals surface area contributed by atoms with Gasteiger partial charge in [0.2, 0.25) is 5.91 Å². The molecular weight excluding hydrogens is 552 g/mol. The maximum absolute atomic E-state index is 14.3. The summed E-state index contributed by atoms with van der Waals surface area (Å²) < 4.78 is 6.90. The Morgan fingerprint density at radius 1 is 0.767 bits per heavy atom. The second-order valence-electron chi connectivity index (χ2n) is 11.5. The van der Waals surface area contributed by atoms with Gasteiger partial charge in [-0.3, -0.25) is 9.79 Å². The molecule has 0 aliphatic carbocycles. The topological polar surface area (TPSA) is 67.8 Å². The number of benzene rings is 4. The third kappa shape index (κ3) is 8.05. The van der Waals surface area contributed by atoms with Gasteiger partial charge in [0.1, 0.15) is 17.7 Å². The predicted molar refractivity (Wildman–Crippen MR) is 176 cm³/mol. The number of hydrogen-bond donors (Lipinski definition) is 1. The Labute approximate surface area is 257 Å². The highest BCUT2D eigenvalue weighted by Crippen LogP contribution is 2.28. The molecule has 0 unspecified atom stereocenters. The van der Waals surface area contributed by atoms with E-state index in [0.717, 1.165) is 38.1 Å². The Morgan fingerprint density at radius 3 is 1.93 bits per heavy atom. The summed E-state index contributed by atoms with van der Waals surface area (Å²) in [7, 11) is 0. The maximum Gasteiger partial charge on any atom is 0.329 e. The van der Waals surface area contributed by atoms with E-state index in [9.17, 15) is 9.59 Å². The van der Waals surface area contributed by atoms with E-state index in [1.165, 1.54) is 0 Å². The highest BCUT2D eigenvalue weighted by atomic mass is 32.1. The van der Waals surface area contributed by atoms with Crippen LogP contribution in [0.3, 0.4) is 0 Å². The molecule has 1 N–H and O–H groups in total. The molecule has 5 rings (SSSR count). The van der Waals surface area contributed by atoms with Crippen LogP contribution in [0.25, 0.3) is 10.1 Å². The van der Waals surface area contributed by atoms with E-state index in [1.807, 2.05) is 124 Å². The van der Waals surface area contributed by atoms with E-state index >= 15 is 0 Å².